The highest BCUT2D eigenvalue weighted by Crippen LogP contribution is 2.28. The zero-order valence-corrected chi connectivity index (χ0v) is 6.15. The van der Waals surface area contributed by atoms with E-state index in [9.17, 15) is 26.3 Å². The highest BCUT2D eigenvalue weighted by Gasteiger charge is 2.45. The van der Waals surface area contributed by atoms with E-state index in [-0.39, 0.29) is 0 Å². The smallest absolute Gasteiger partial charge is 0.384 e. The van der Waals surface area contributed by atoms with E-state index in [4.69, 9.17) is 5.11 Å². The summed E-state index contributed by atoms with van der Waals surface area (Å²) >= 11 is 0. The van der Waals surface area contributed by atoms with Crippen molar-refractivity contribution in [3.05, 3.63) is 0 Å². The van der Waals surface area contributed by atoms with Crippen LogP contribution in [0.15, 0.2) is 0 Å². The minimum absolute atomic E-state index is 1.58. The summed E-state index contributed by atoms with van der Waals surface area (Å²) in [4.78, 5) is 0. The molecule has 0 saturated carbocycles. The maximum atomic E-state index is 11.6. The average molecular weight is 211 g/mol. The second-order valence-electron chi connectivity index (χ2n) is 2.44. The summed E-state index contributed by atoms with van der Waals surface area (Å²) in [5.41, 5.74) is 4.36. The maximum Gasteiger partial charge on any atom is 0.414 e. The Labute approximate surface area is 69.3 Å². The van der Waals surface area contributed by atoms with Crippen molar-refractivity contribution in [2.24, 2.45) is 5.73 Å². The summed E-state index contributed by atoms with van der Waals surface area (Å²) < 4.78 is 69.4. The lowest BCUT2D eigenvalue weighted by atomic mass is 10.1. The van der Waals surface area contributed by atoms with Crippen molar-refractivity contribution in [3.8, 4) is 0 Å². The number of hydrogen-bond donors (Lipinski definition) is 2. The van der Waals surface area contributed by atoms with Gasteiger partial charge in [0.05, 0.1) is 0 Å². The average Bonchev–Trinajstić information content (AvgIpc) is 1.82. The van der Waals surface area contributed by atoms with E-state index in [2.05, 4.69) is 5.73 Å². The van der Waals surface area contributed by atoms with Crippen molar-refractivity contribution in [2.75, 3.05) is 0 Å². The van der Waals surface area contributed by atoms with Crippen molar-refractivity contribution in [1.82, 2.24) is 0 Å². The number of hydrogen-bond acceptors (Lipinski definition) is 2. The van der Waals surface area contributed by atoms with E-state index in [0.29, 0.717) is 0 Å². The van der Waals surface area contributed by atoms with Crippen LogP contribution in [0.2, 0.25) is 0 Å². The summed E-state index contributed by atoms with van der Waals surface area (Å²) in [6, 6.07) is -2.66. The molecule has 0 amide bonds. The van der Waals surface area contributed by atoms with Gasteiger partial charge in [0.15, 0.2) is 6.10 Å². The quantitative estimate of drug-likeness (QED) is 0.674. The number of rotatable bonds is 2. The largest absolute Gasteiger partial charge is 0.414 e. The van der Waals surface area contributed by atoms with Crippen LogP contribution in [0.4, 0.5) is 26.3 Å². The first kappa shape index (κ1) is 12.5. The van der Waals surface area contributed by atoms with Gasteiger partial charge in [0.25, 0.3) is 0 Å². The minimum Gasteiger partial charge on any atom is -0.384 e. The van der Waals surface area contributed by atoms with Gasteiger partial charge in [0.2, 0.25) is 0 Å². The molecular weight excluding hydrogens is 204 g/mol. The minimum atomic E-state index is -5.07. The van der Waals surface area contributed by atoms with E-state index in [0.717, 1.165) is 0 Å². The molecule has 0 aliphatic rings. The zero-order valence-electron chi connectivity index (χ0n) is 6.15. The molecule has 0 saturated heterocycles. The van der Waals surface area contributed by atoms with Gasteiger partial charge in [-0.05, 0) is 0 Å². The third kappa shape index (κ3) is 4.32. The summed E-state index contributed by atoms with van der Waals surface area (Å²) in [6.45, 7) is 0. The SMILES string of the molecule is N[C@@H](C[C@H](O)C(F)(F)F)C(F)(F)F. The molecule has 13 heavy (non-hydrogen) atoms. The molecule has 0 spiro atoms. The van der Waals surface area contributed by atoms with Crippen LogP contribution in [-0.4, -0.2) is 29.6 Å². The van der Waals surface area contributed by atoms with Crippen molar-refractivity contribution >= 4 is 0 Å². The van der Waals surface area contributed by atoms with Crippen LogP contribution < -0.4 is 5.73 Å². The van der Waals surface area contributed by atoms with Crippen molar-refractivity contribution in [1.29, 1.82) is 0 Å². The predicted molar refractivity (Wildman–Crippen MR) is 30.7 cm³/mol. The second kappa shape index (κ2) is 3.70. The molecule has 0 rings (SSSR count). The van der Waals surface area contributed by atoms with Crippen LogP contribution in [0.1, 0.15) is 6.42 Å². The number of nitrogens with two attached hydrogens (primary N) is 1. The van der Waals surface area contributed by atoms with Gasteiger partial charge in [-0.15, -0.1) is 0 Å². The molecule has 2 atom stereocenters. The van der Waals surface area contributed by atoms with Gasteiger partial charge in [0, 0.05) is 6.42 Å². The summed E-state index contributed by atoms with van der Waals surface area (Å²) in [6.07, 6.45) is -14.6. The van der Waals surface area contributed by atoms with E-state index in [1.165, 1.54) is 0 Å². The Kier molecular flexibility index (Phi) is 3.56. The Hall–Kier alpha value is -0.500. The monoisotopic (exact) mass is 211 g/mol. The molecular formula is C5H7F6NO. The van der Waals surface area contributed by atoms with E-state index < -0.39 is 30.9 Å². The van der Waals surface area contributed by atoms with Crippen molar-refractivity contribution < 1.29 is 31.4 Å². The molecule has 3 N–H and O–H groups in total. The lowest BCUT2D eigenvalue weighted by molar-refractivity contribution is -0.219. The van der Waals surface area contributed by atoms with Gasteiger partial charge in [-0.3, -0.25) is 0 Å². The van der Waals surface area contributed by atoms with E-state index in [1.54, 1.807) is 0 Å². The van der Waals surface area contributed by atoms with Crippen LogP contribution >= 0.6 is 0 Å². The van der Waals surface area contributed by atoms with Crippen molar-refractivity contribution in [2.45, 2.75) is 30.9 Å². The molecule has 2 nitrogen and oxygen atoms in total. The summed E-state index contributed by atoms with van der Waals surface area (Å²) in [5.74, 6) is 0. The zero-order chi connectivity index (χ0) is 10.9. The first-order valence-electron chi connectivity index (χ1n) is 3.12. The Morgan fingerprint density at radius 1 is 1.00 bits per heavy atom. The number of aliphatic hydroxyl groups is 1. The maximum absolute atomic E-state index is 11.6. The fourth-order valence-electron chi connectivity index (χ4n) is 0.508. The third-order valence-electron chi connectivity index (χ3n) is 1.28. The van der Waals surface area contributed by atoms with Gasteiger partial charge in [-0.2, -0.15) is 26.3 Å². The van der Waals surface area contributed by atoms with Crippen LogP contribution in [0.5, 0.6) is 0 Å². The van der Waals surface area contributed by atoms with Crippen LogP contribution in [-0.2, 0) is 0 Å². The molecule has 0 aliphatic heterocycles. The Morgan fingerprint density at radius 2 is 1.38 bits per heavy atom. The highest BCUT2D eigenvalue weighted by molar-refractivity contribution is 4.77. The Bertz CT molecular complexity index is 145. The van der Waals surface area contributed by atoms with Gasteiger partial charge < -0.3 is 10.8 Å². The topological polar surface area (TPSA) is 46.2 Å². The van der Waals surface area contributed by atoms with Gasteiger partial charge in [-0.1, -0.05) is 0 Å². The standard InChI is InChI=1S/C5H7F6NO/c6-4(7,8)2(12)1-3(13)5(9,10)11/h2-3,13H,1,12H2/t2-,3-/m0/s1. The molecule has 0 unspecified atom stereocenters. The number of aliphatic hydroxyl groups excluding tert-OH is 1. The molecule has 0 bridgehead atoms. The van der Waals surface area contributed by atoms with E-state index in [1.807, 2.05) is 0 Å². The molecule has 0 radical (unpaired) electrons. The predicted octanol–water partition coefficient (Wildman–Crippen LogP) is 1.19. The number of halogens is 6. The third-order valence-corrected chi connectivity index (χ3v) is 1.28. The lowest BCUT2D eigenvalue weighted by Crippen LogP contribution is -2.43. The molecule has 0 aromatic rings. The van der Waals surface area contributed by atoms with Crippen molar-refractivity contribution in [3.63, 3.8) is 0 Å². The molecule has 0 fully saturated rings. The van der Waals surface area contributed by atoms with Crippen LogP contribution in [0, 0.1) is 0 Å². The normalized spacial score (nSPS) is 18.5. The number of alkyl halides is 6. The molecule has 80 valence electrons. The highest BCUT2D eigenvalue weighted by atomic mass is 19.4. The second-order valence-corrected chi connectivity index (χ2v) is 2.44. The molecule has 0 heterocycles. The van der Waals surface area contributed by atoms with Crippen LogP contribution in [0.3, 0.4) is 0 Å². The van der Waals surface area contributed by atoms with Gasteiger partial charge in [0.1, 0.15) is 6.04 Å². The molecule has 0 aromatic heterocycles. The first-order valence-corrected chi connectivity index (χ1v) is 3.12. The molecule has 0 aliphatic carbocycles. The fraction of sp³-hybridized carbons (Fsp3) is 1.00. The Balaban J connectivity index is 4.15. The summed E-state index contributed by atoms with van der Waals surface area (Å²) in [5, 5.41) is 8.21. The van der Waals surface area contributed by atoms with E-state index >= 15 is 0 Å². The lowest BCUT2D eigenvalue weighted by Gasteiger charge is -2.20. The van der Waals surface area contributed by atoms with Gasteiger partial charge in [-0.25, -0.2) is 0 Å². The Morgan fingerprint density at radius 3 is 1.62 bits per heavy atom. The van der Waals surface area contributed by atoms with Gasteiger partial charge >= 0.3 is 12.4 Å². The molecule has 0 aromatic carbocycles. The fourth-order valence-corrected chi connectivity index (χ4v) is 0.508. The summed E-state index contributed by atoms with van der Waals surface area (Å²) in [7, 11) is 0. The first-order chi connectivity index (χ1) is 5.55. The van der Waals surface area contributed by atoms with Crippen LogP contribution in [0.25, 0.3) is 0 Å². The molecule has 8 heteroatoms.